The van der Waals surface area contributed by atoms with Gasteiger partial charge in [0.1, 0.15) is 5.92 Å². The molecule has 112 valence electrons. The maximum Gasteiger partial charge on any atom is 0.331 e. The summed E-state index contributed by atoms with van der Waals surface area (Å²) in [5, 5.41) is 2.35. The second kappa shape index (κ2) is 5.94. The lowest BCUT2D eigenvalue weighted by molar-refractivity contribution is -0.146. The van der Waals surface area contributed by atoms with Crippen LogP contribution in [0.3, 0.4) is 0 Å². The van der Waals surface area contributed by atoms with Gasteiger partial charge in [-0.15, -0.1) is 0 Å². The molecule has 5 heteroatoms. The summed E-state index contributed by atoms with van der Waals surface area (Å²) in [6.45, 7) is 5.82. The van der Waals surface area contributed by atoms with E-state index in [1.165, 1.54) is 11.3 Å². The number of hydrogen-bond acceptors (Lipinski definition) is 3. The van der Waals surface area contributed by atoms with E-state index in [2.05, 4.69) is 12.2 Å². The summed E-state index contributed by atoms with van der Waals surface area (Å²) in [6, 6.07) is -0.575. The van der Waals surface area contributed by atoms with Gasteiger partial charge in [-0.05, 0) is 24.7 Å². The molecule has 0 aromatic rings. The highest BCUT2D eigenvalue weighted by Gasteiger charge is 2.45. The van der Waals surface area contributed by atoms with Crippen molar-refractivity contribution in [3.63, 3.8) is 0 Å². The Bertz CT molecular complexity index is 419. The van der Waals surface area contributed by atoms with E-state index in [1.807, 2.05) is 13.8 Å². The van der Waals surface area contributed by atoms with Gasteiger partial charge < -0.3 is 0 Å². The fourth-order valence-electron chi connectivity index (χ4n) is 3.41. The van der Waals surface area contributed by atoms with Crippen LogP contribution in [-0.2, 0) is 9.59 Å². The van der Waals surface area contributed by atoms with E-state index < -0.39 is 17.9 Å². The first kappa shape index (κ1) is 15.0. The van der Waals surface area contributed by atoms with Crippen LogP contribution in [0.15, 0.2) is 0 Å². The number of carbonyl (C=O) groups is 3. The van der Waals surface area contributed by atoms with Gasteiger partial charge >= 0.3 is 6.03 Å². The summed E-state index contributed by atoms with van der Waals surface area (Å²) < 4.78 is 0. The lowest BCUT2D eigenvalue weighted by Gasteiger charge is -2.40. The average molecular weight is 280 g/mol. The molecular weight excluding hydrogens is 256 g/mol. The number of imide groups is 2. The molecule has 5 nitrogen and oxygen atoms in total. The minimum atomic E-state index is -0.727. The minimum Gasteiger partial charge on any atom is -0.277 e. The molecule has 0 spiro atoms. The topological polar surface area (TPSA) is 66.5 Å². The molecule has 1 saturated heterocycles. The zero-order valence-corrected chi connectivity index (χ0v) is 12.5. The van der Waals surface area contributed by atoms with Gasteiger partial charge in [0.2, 0.25) is 11.8 Å². The van der Waals surface area contributed by atoms with Crippen molar-refractivity contribution >= 4 is 17.8 Å². The van der Waals surface area contributed by atoms with Crippen molar-refractivity contribution in [2.75, 3.05) is 0 Å². The number of amides is 4. The van der Waals surface area contributed by atoms with E-state index in [-0.39, 0.29) is 17.9 Å². The Labute approximate surface area is 120 Å². The monoisotopic (exact) mass is 280 g/mol. The number of hydrogen-bond donors (Lipinski definition) is 1. The van der Waals surface area contributed by atoms with E-state index in [1.54, 1.807) is 0 Å². The third-order valence-electron chi connectivity index (χ3n) is 4.60. The average Bonchev–Trinajstić information content (AvgIpc) is 2.37. The van der Waals surface area contributed by atoms with Crippen molar-refractivity contribution in [3.05, 3.63) is 0 Å². The molecule has 1 aliphatic carbocycles. The zero-order valence-electron chi connectivity index (χ0n) is 12.5. The molecule has 0 radical (unpaired) electrons. The van der Waals surface area contributed by atoms with E-state index in [0.717, 1.165) is 25.7 Å². The van der Waals surface area contributed by atoms with Crippen molar-refractivity contribution in [2.24, 2.45) is 17.8 Å². The normalized spacial score (nSPS) is 31.7. The molecule has 0 bridgehead atoms. The summed E-state index contributed by atoms with van der Waals surface area (Å²) in [4.78, 5) is 37.7. The van der Waals surface area contributed by atoms with Crippen LogP contribution in [0.2, 0.25) is 0 Å². The zero-order chi connectivity index (χ0) is 14.9. The molecule has 1 aliphatic heterocycles. The molecule has 2 aliphatic rings. The van der Waals surface area contributed by atoms with Crippen LogP contribution in [0.4, 0.5) is 4.79 Å². The Morgan fingerprint density at radius 1 is 1.25 bits per heavy atom. The van der Waals surface area contributed by atoms with Crippen LogP contribution < -0.4 is 5.32 Å². The predicted octanol–water partition coefficient (Wildman–Crippen LogP) is 2.31. The summed E-state index contributed by atoms with van der Waals surface area (Å²) in [7, 11) is 0. The van der Waals surface area contributed by atoms with Gasteiger partial charge in [-0.25, -0.2) is 4.79 Å². The first-order chi connectivity index (χ1) is 9.45. The summed E-state index contributed by atoms with van der Waals surface area (Å²) in [5.41, 5.74) is 0. The standard InChI is InChI=1S/C15H24N2O3/c1-4-10-6-5-7-11(8-10)17-14(19)12(9(2)3)13(18)16-15(17)20/h9-12H,4-8H2,1-3H3,(H,16,18,20). The number of nitrogens with zero attached hydrogens (tertiary/aromatic N) is 1. The smallest absolute Gasteiger partial charge is 0.277 e. The van der Waals surface area contributed by atoms with E-state index in [9.17, 15) is 14.4 Å². The van der Waals surface area contributed by atoms with Crippen LogP contribution in [0.5, 0.6) is 0 Å². The molecule has 1 heterocycles. The Morgan fingerprint density at radius 2 is 1.95 bits per heavy atom. The van der Waals surface area contributed by atoms with Gasteiger partial charge in [-0.3, -0.25) is 19.8 Å². The van der Waals surface area contributed by atoms with E-state index in [4.69, 9.17) is 0 Å². The molecule has 3 atom stereocenters. The second-order valence-corrected chi connectivity index (χ2v) is 6.32. The summed E-state index contributed by atoms with van der Waals surface area (Å²) >= 11 is 0. The Hall–Kier alpha value is -1.39. The molecule has 0 aromatic heterocycles. The van der Waals surface area contributed by atoms with Gasteiger partial charge in [-0.1, -0.05) is 40.0 Å². The fourth-order valence-corrected chi connectivity index (χ4v) is 3.41. The Kier molecular flexibility index (Phi) is 4.45. The van der Waals surface area contributed by atoms with Crippen LogP contribution in [0, 0.1) is 17.8 Å². The molecule has 2 rings (SSSR count). The molecular formula is C15H24N2O3. The van der Waals surface area contributed by atoms with Crippen molar-refractivity contribution in [1.29, 1.82) is 0 Å². The van der Waals surface area contributed by atoms with Crippen LogP contribution in [0.1, 0.15) is 52.9 Å². The van der Waals surface area contributed by atoms with Gasteiger partial charge in [0, 0.05) is 6.04 Å². The van der Waals surface area contributed by atoms with E-state index >= 15 is 0 Å². The summed E-state index contributed by atoms with van der Waals surface area (Å²) in [5.74, 6) is -1.01. The molecule has 20 heavy (non-hydrogen) atoms. The highest BCUT2D eigenvalue weighted by molar-refractivity contribution is 6.16. The number of carbonyl (C=O) groups excluding carboxylic acids is 3. The fraction of sp³-hybridized carbons (Fsp3) is 0.800. The van der Waals surface area contributed by atoms with Crippen molar-refractivity contribution < 1.29 is 14.4 Å². The quantitative estimate of drug-likeness (QED) is 0.807. The molecule has 3 unspecified atom stereocenters. The number of barbiturate groups is 1. The second-order valence-electron chi connectivity index (χ2n) is 6.32. The third kappa shape index (κ3) is 2.72. The maximum atomic E-state index is 12.5. The number of nitrogens with one attached hydrogen (secondary N) is 1. The largest absolute Gasteiger partial charge is 0.331 e. The summed E-state index contributed by atoms with van der Waals surface area (Å²) in [6.07, 6.45) is 5.01. The molecule has 1 saturated carbocycles. The van der Waals surface area contributed by atoms with Crippen LogP contribution in [0.25, 0.3) is 0 Å². The van der Waals surface area contributed by atoms with Crippen LogP contribution in [-0.4, -0.2) is 28.8 Å². The van der Waals surface area contributed by atoms with E-state index in [0.29, 0.717) is 5.92 Å². The lowest BCUT2D eigenvalue weighted by Crippen LogP contribution is -2.62. The van der Waals surface area contributed by atoms with Crippen LogP contribution >= 0.6 is 0 Å². The van der Waals surface area contributed by atoms with Gasteiger partial charge in [0.25, 0.3) is 0 Å². The predicted molar refractivity (Wildman–Crippen MR) is 74.7 cm³/mol. The SMILES string of the molecule is CCC1CCCC(N2C(=O)NC(=O)C(C(C)C)C2=O)C1. The Morgan fingerprint density at radius 3 is 2.55 bits per heavy atom. The van der Waals surface area contributed by atoms with Gasteiger partial charge in [0.15, 0.2) is 0 Å². The third-order valence-corrected chi connectivity index (χ3v) is 4.60. The van der Waals surface area contributed by atoms with Crippen molar-refractivity contribution in [2.45, 2.75) is 58.9 Å². The number of urea groups is 1. The molecule has 4 amide bonds. The first-order valence-electron chi connectivity index (χ1n) is 7.63. The first-order valence-corrected chi connectivity index (χ1v) is 7.63. The van der Waals surface area contributed by atoms with Gasteiger partial charge in [0.05, 0.1) is 0 Å². The molecule has 1 N–H and O–H groups in total. The minimum absolute atomic E-state index is 0.0458. The maximum absolute atomic E-state index is 12.5. The lowest BCUT2D eigenvalue weighted by atomic mass is 9.82. The highest BCUT2D eigenvalue weighted by atomic mass is 16.2. The van der Waals surface area contributed by atoms with Crippen molar-refractivity contribution in [1.82, 2.24) is 10.2 Å². The molecule has 2 fully saturated rings. The highest BCUT2D eigenvalue weighted by Crippen LogP contribution is 2.32. The van der Waals surface area contributed by atoms with Gasteiger partial charge in [-0.2, -0.15) is 0 Å². The number of rotatable bonds is 3. The Balaban J connectivity index is 2.18. The van der Waals surface area contributed by atoms with Crippen molar-refractivity contribution in [3.8, 4) is 0 Å². The molecule has 0 aromatic carbocycles.